The van der Waals surface area contributed by atoms with Crippen LogP contribution in [0.4, 0.5) is 0 Å². The molecule has 2 atom stereocenters. The Labute approximate surface area is 188 Å². The van der Waals surface area contributed by atoms with Crippen molar-refractivity contribution >= 4 is 35.8 Å². The number of guanidine groups is 1. The lowest BCUT2D eigenvalue weighted by atomic mass is 10.0. The number of halogens is 1. The summed E-state index contributed by atoms with van der Waals surface area (Å²) < 4.78 is 0. The smallest absolute Gasteiger partial charge is 0.222 e. The van der Waals surface area contributed by atoms with Gasteiger partial charge in [0, 0.05) is 51.2 Å². The predicted molar refractivity (Wildman–Crippen MR) is 130 cm³/mol. The van der Waals surface area contributed by atoms with Crippen LogP contribution in [0.1, 0.15) is 40.5 Å². The molecular weight excluding hydrogens is 465 g/mol. The van der Waals surface area contributed by atoms with Gasteiger partial charge in [0.1, 0.15) is 0 Å². The lowest BCUT2D eigenvalue weighted by Gasteiger charge is -2.32. The molecule has 2 unspecified atom stereocenters. The largest absolute Gasteiger partial charge is 0.357 e. The van der Waals surface area contributed by atoms with E-state index in [1.54, 1.807) is 0 Å². The number of likely N-dealkylation sites (tertiary alicyclic amines) is 1. The Hall–Kier alpha value is -1.09. The summed E-state index contributed by atoms with van der Waals surface area (Å²) in [5.74, 6) is 1.53. The van der Waals surface area contributed by atoms with Crippen LogP contribution in [-0.2, 0) is 4.79 Å². The molecule has 1 aliphatic heterocycles. The van der Waals surface area contributed by atoms with E-state index in [4.69, 9.17) is 4.99 Å². The summed E-state index contributed by atoms with van der Waals surface area (Å²) in [5.41, 5.74) is 0. The van der Waals surface area contributed by atoms with Crippen LogP contribution >= 0.6 is 24.0 Å². The average molecular weight is 505 g/mol. The van der Waals surface area contributed by atoms with Crippen LogP contribution in [0, 0.1) is 5.92 Å². The van der Waals surface area contributed by atoms with Gasteiger partial charge < -0.3 is 15.5 Å². The quantitative estimate of drug-likeness (QED) is 0.196. The van der Waals surface area contributed by atoms with Gasteiger partial charge >= 0.3 is 0 Å². The van der Waals surface area contributed by atoms with Crippen LogP contribution in [0.2, 0.25) is 0 Å². The first-order valence-electron chi connectivity index (χ1n) is 10.2. The molecule has 0 aromatic heterocycles. The molecule has 0 radical (unpaired) electrons. The molecule has 1 saturated heterocycles. The van der Waals surface area contributed by atoms with Gasteiger partial charge in [-0.3, -0.25) is 14.7 Å². The molecule has 0 aromatic rings. The molecular formula is C21H40IN5O. The Balaban J connectivity index is 0.00000729. The highest BCUT2D eigenvalue weighted by Crippen LogP contribution is 2.13. The maximum absolute atomic E-state index is 11.9. The summed E-state index contributed by atoms with van der Waals surface area (Å²) in [6, 6.07) is 0.575. The number of amides is 1. The number of rotatable bonds is 11. The van der Waals surface area contributed by atoms with Gasteiger partial charge in [0.2, 0.25) is 5.91 Å². The third-order valence-electron chi connectivity index (χ3n) is 4.93. The van der Waals surface area contributed by atoms with Gasteiger partial charge in [-0.1, -0.05) is 32.9 Å². The molecule has 1 heterocycles. The third-order valence-corrected chi connectivity index (χ3v) is 4.93. The van der Waals surface area contributed by atoms with Crippen LogP contribution in [0.3, 0.4) is 0 Å². The molecule has 2 N–H and O–H groups in total. The molecule has 1 aliphatic rings. The topological polar surface area (TPSA) is 60.0 Å². The Bertz CT molecular complexity index is 499. The zero-order valence-electron chi connectivity index (χ0n) is 18.1. The monoisotopic (exact) mass is 505 g/mol. The highest BCUT2D eigenvalue weighted by atomic mass is 127. The van der Waals surface area contributed by atoms with Gasteiger partial charge in [0.05, 0.1) is 6.54 Å². The van der Waals surface area contributed by atoms with E-state index in [9.17, 15) is 4.79 Å². The van der Waals surface area contributed by atoms with E-state index < -0.39 is 0 Å². The van der Waals surface area contributed by atoms with Crippen molar-refractivity contribution in [3.8, 4) is 0 Å². The Morgan fingerprint density at radius 3 is 2.43 bits per heavy atom. The standard InChI is InChI=1S/C21H39N5O.HI/c1-7-12-25(13-8-2)19(17(5)6)15-23-21(22-10-4)24-18-11-14-26(16-18)20(27)9-3;/h7-8,17-19H,1-2,9-16H2,3-6H3,(H2,22,23,24);1H. The molecule has 0 saturated carbocycles. The minimum absolute atomic E-state index is 0. The Kier molecular flexibility index (Phi) is 14.3. The molecule has 28 heavy (non-hydrogen) atoms. The van der Waals surface area contributed by atoms with E-state index in [1.807, 2.05) is 24.0 Å². The van der Waals surface area contributed by atoms with Crippen LogP contribution < -0.4 is 10.6 Å². The van der Waals surface area contributed by atoms with E-state index in [0.29, 0.717) is 24.9 Å². The van der Waals surface area contributed by atoms with Crippen LogP contribution in [0.15, 0.2) is 30.3 Å². The minimum Gasteiger partial charge on any atom is -0.357 e. The first-order valence-corrected chi connectivity index (χ1v) is 10.2. The van der Waals surface area contributed by atoms with Gasteiger partial charge in [0.25, 0.3) is 0 Å². The minimum atomic E-state index is 0. The number of hydrogen-bond acceptors (Lipinski definition) is 3. The van der Waals surface area contributed by atoms with Crippen molar-refractivity contribution in [2.45, 2.75) is 52.6 Å². The molecule has 7 heteroatoms. The number of nitrogens with one attached hydrogen (secondary N) is 2. The van der Waals surface area contributed by atoms with E-state index >= 15 is 0 Å². The number of hydrogen-bond donors (Lipinski definition) is 2. The molecule has 0 aromatic carbocycles. The van der Waals surface area contributed by atoms with Crippen LogP contribution in [-0.4, -0.2) is 73.0 Å². The first kappa shape index (κ1) is 26.9. The second kappa shape index (κ2) is 14.8. The average Bonchev–Trinajstić information content (AvgIpc) is 3.10. The first-order chi connectivity index (χ1) is 13.0. The van der Waals surface area contributed by atoms with E-state index in [0.717, 1.165) is 45.1 Å². The fraction of sp³-hybridized carbons (Fsp3) is 0.714. The van der Waals surface area contributed by atoms with Gasteiger partial charge in [-0.15, -0.1) is 37.1 Å². The SMILES string of the molecule is C=CCN(CC=C)C(CN=C(NCC)NC1CCN(C(=O)CC)C1)C(C)C.I. The molecule has 1 rings (SSSR count). The summed E-state index contributed by atoms with van der Waals surface area (Å²) in [5, 5.41) is 6.85. The van der Waals surface area contributed by atoms with E-state index in [1.165, 1.54) is 0 Å². The van der Waals surface area contributed by atoms with Crippen LogP contribution in [0.5, 0.6) is 0 Å². The van der Waals surface area contributed by atoms with E-state index in [2.05, 4.69) is 49.5 Å². The van der Waals surface area contributed by atoms with Crippen molar-refractivity contribution in [3.63, 3.8) is 0 Å². The van der Waals surface area contributed by atoms with Crippen molar-refractivity contribution in [2.75, 3.05) is 39.3 Å². The zero-order valence-corrected chi connectivity index (χ0v) is 20.4. The zero-order chi connectivity index (χ0) is 20.2. The van der Waals surface area contributed by atoms with Gasteiger partial charge in [-0.2, -0.15) is 0 Å². The molecule has 162 valence electrons. The maximum Gasteiger partial charge on any atom is 0.222 e. The summed E-state index contributed by atoms with van der Waals surface area (Å²) in [6.45, 7) is 20.9. The molecule has 0 aliphatic carbocycles. The van der Waals surface area contributed by atoms with Gasteiger partial charge in [-0.25, -0.2) is 0 Å². The highest BCUT2D eigenvalue weighted by Gasteiger charge is 2.26. The van der Waals surface area contributed by atoms with Crippen molar-refractivity contribution in [3.05, 3.63) is 25.3 Å². The number of nitrogens with zero attached hydrogens (tertiary/aromatic N) is 3. The third kappa shape index (κ3) is 8.94. The Morgan fingerprint density at radius 1 is 1.29 bits per heavy atom. The molecule has 1 amide bonds. The van der Waals surface area contributed by atoms with Gasteiger partial charge in [-0.05, 0) is 19.3 Å². The predicted octanol–water partition coefficient (Wildman–Crippen LogP) is 2.87. The second-order valence-corrected chi connectivity index (χ2v) is 7.39. The fourth-order valence-corrected chi connectivity index (χ4v) is 3.45. The molecule has 0 bridgehead atoms. The maximum atomic E-state index is 11.9. The van der Waals surface area contributed by atoms with Gasteiger partial charge in [0.15, 0.2) is 5.96 Å². The molecule has 0 spiro atoms. The molecule has 1 fully saturated rings. The lowest BCUT2D eigenvalue weighted by Crippen LogP contribution is -2.46. The highest BCUT2D eigenvalue weighted by molar-refractivity contribution is 14.0. The number of aliphatic imine (C=N–C) groups is 1. The summed E-state index contributed by atoms with van der Waals surface area (Å²) in [4.78, 5) is 21.0. The summed E-state index contributed by atoms with van der Waals surface area (Å²) in [6.07, 6.45) is 5.40. The number of carbonyl (C=O) groups is 1. The van der Waals surface area contributed by atoms with Crippen molar-refractivity contribution in [2.24, 2.45) is 10.9 Å². The van der Waals surface area contributed by atoms with Crippen molar-refractivity contribution in [1.29, 1.82) is 0 Å². The lowest BCUT2D eigenvalue weighted by molar-refractivity contribution is -0.129. The van der Waals surface area contributed by atoms with Crippen LogP contribution in [0.25, 0.3) is 0 Å². The Morgan fingerprint density at radius 2 is 1.93 bits per heavy atom. The fourth-order valence-electron chi connectivity index (χ4n) is 3.45. The van der Waals surface area contributed by atoms with Crippen molar-refractivity contribution < 1.29 is 4.79 Å². The summed E-state index contributed by atoms with van der Waals surface area (Å²) in [7, 11) is 0. The second-order valence-electron chi connectivity index (χ2n) is 7.39. The molecule has 6 nitrogen and oxygen atoms in total. The van der Waals surface area contributed by atoms with E-state index in [-0.39, 0.29) is 35.9 Å². The number of carbonyl (C=O) groups excluding carboxylic acids is 1. The van der Waals surface area contributed by atoms with Crippen molar-refractivity contribution in [1.82, 2.24) is 20.4 Å². The summed E-state index contributed by atoms with van der Waals surface area (Å²) >= 11 is 0. The normalized spacial score (nSPS) is 18.0.